The van der Waals surface area contributed by atoms with E-state index in [1.807, 2.05) is 6.07 Å². The summed E-state index contributed by atoms with van der Waals surface area (Å²) < 4.78 is 8.87. The van der Waals surface area contributed by atoms with Crippen LogP contribution < -0.4 is 9.47 Å². The largest absolute Gasteiger partial charge is 0.454 e. The lowest BCUT2D eigenvalue weighted by atomic mass is 10.2. The average molecular weight is 724 g/mol. The summed E-state index contributed by atoms with van der Waals surface area (Å²) in [6, 6.07) is 5.44. The third kappa shape index (κ3) is 4.99. The van der Waals surface area contributed by atoms with Crippen LogP contribution in [-0.4, -0.2) is 21.2 Å². The van der Waals surface area contributed by atoms with Crippen LogP contribution in [0.25, 0.3) is 11.4 Å². The third-order valence-corrected chi connectivity index (χ3v) is 4.58. The van der Waals surface area contributed by atoms with Gasteiger partial charge in [-0.25, -0.2) is 15.0 Å². The molecule has 0 atom stereocenters. The van der Waals surface area contributed by atoms with Crippen LogP contribution in [0.1, 0.15) is 11.6 Å². The molecule has 2 heterocycles. The average Bonchev–Trinajstić information content (AvgIpc) is 2.91. The third-order valence-electron chi connectivity index (χ3n) is 2.92. The number of ether oxygens (including phenoxy) is 2. The SMILES string of the molecule is ClC(Cl)(Cl)c1nc(CC(I)(I)I)nc(-c2ccc3c(c2)OCO3)n1. The number of aromatic nitrogens is 3. The van der Waals surface area contributed by atoms with Crippen LogP contribution in [0.4, 0.5) is 0 Å². The van der Waals surface area contributed by atoms with Crippen molar-refractivity contribution in [2.24, 2.45) is 0 Å². The number of alkyl halides is 6. The number of hydrogen-bond acceptors (Lipinski definition) is 5. The monoisotopic (exact) mass is 723 g/mol. The van der Waals surface area contributed by atoms with E-state index < -0.39 is 3.79 Å². The molecule has 0 saturated heterocycles. The summed E-state index contributed by atoms with van der Waals surface area (Å²) in [5.41, 5.74) is 0.736. The van der Waals surface area contributed by atoms with Crippen LogP contribution in [0.5, 0.6) is 11.5 Å². The van der Waals surface area contributed by atoms with E-state index in [9.17, 15) is 0 Å². The fourth-order valence-corrected chi connectivity index (χ4v) is 3.25. The van der Waals surface area contributed by atoms with Crippen molar-refractivity contribution in [1.29, 1.82) is 0 Å². The van der Waals surface area contributed by atoms with Crippen molar-refractivity contribution in [2.45, 2.75) is 9.65 Å². The van der Waals surface area contributed by atoms with Gasteiger partial charge < -0.3 is 9.47 Å². The Bertz CT molecular complexity index is 781. The molecule has 24 heavy (non-hydrogen) atoms. The molecule has 0 N–H and O–H groups in total. The zero-order valence-electron chi connectivity index (χ0n) is 11.6. The Kier molecular flexibility index (Phi) is 6.13. The second-order valence-electron chi connectivity index (χ2n) is 4.76. The first-order valence-electron chi connectivity index (χ1n) is 6.41. The second-order valence-corrected chi connectivity index (χ2v) is 18.8. The van der Waals surface area contributed by atoms with Gasteiger partial charge in [-0.1, -0.05) is 103 Å². The van der Waals surface area contributed by atoms with Gasteiger partial charge in [0, 0.05) is 12.0 Å². The quantitative estimate of drug-likeness (QED) is 0.305. The molecular formula is C13H7Cl3I3N3O2. The van der Waals surface area contributed by atoms with Gasteiger partial charge in [-0.3, -0.25) is 0 Å². The van der Waals surface area contributed by atoms with Crippen LogP contribution in [-0.2, 0) is 10.2 Å². The molecule has 2 aromatic rings. The Balaban J connectivity index is 2.07. The highest BCUT2D eigenvalue weighted by atomic mass is 127. The minimum atomic E-state index is -1.73. The number of hydrogen-bond donors (Lipinski definition) is 0. The highest BCUT2D eigenvalue weighted by Crippen LogP contribution is 2.41. The number of nitrogens with zero attached hydrogens (tertiary/aromatic N) is 3. The molecule has 1 aliphatic heterocycles. The van der Waals surface area contributed by atoms with E-state index in [0.29, 0.717) is 29.6 Å². The Morgan fingerprint density at radius 1 is 1.00 bits per heavy atom. The van der Waals surface area contributed by atoms with Crippen molar-refractivity contribution >= 4 is 103 Å². The van der Waals surface area contributed by atoms with Gasteiger partial charge in [-0.05, 0) is 18.2 Å². The van der Waals surface area contributed by atoms with Crippen LogP contribution in [0, 0.1) is 0 Å². The highest BCUT2D eigenvalue weighted by Gasteiger charge is 2.30. The van der Waals surface area contributed by atoms with Gasteiger partial charge in [0.25, 0.3) is 0 Å². The zero-order valence-corrected chi connectivity index (χ0v) is 20.3. The molecule has 0 saturated carbocycles. The van der Waals surface area contributed by atoms with E-state index in [1.54, 1.807) is 12.1 Å². The predicted octanol–water partition coefficient (Wildman–Crippen LogP) is 5.60. The lowest BCUT2D eigenvalue weighted by Crippen LogP contribution is -2.16. The maximum absolute atomic E-state index is 5.98. The van der Waals surface area contributed by atoms with Crippen molar-refractivity contribution in [3.63, 3.8) is 0 Å². The van der Waals surface area contributed by atoms with Crippen molar-refractivity contribution < 1.29 is 9.47 Å². The summed E-state index contributed by atoms with van der Waals surface area (Å²) in [7, 11) is 0. The van der Waals surface area contributed by atoms with Gasteiger partial charge in [0.15, 0.2) is 23.1 Å². The minimum Gasteiger partial charge on any atom is -0.454 e. The zero-order chi connectivity index (χ0) is 17.5. The summed E-state index contributed by atoms with van der Waals surface area (Å²) in [6.07, 6.45) is 0.586. The van der Waals surface area contributed by atoms with Gasteiger partial charge in [0.2, 0.25) is 10.6 Å². The number of benzene rings is 1. The van der Waals surface area contributed by atoms with Gasteiger partial charge in [0.05, 0.1) is 0 Å². The van der Waals surface area contributed by atoms with Gasteiger partial charge >= 0.3 is 0 Å². The first-order chi connectivity index (χ1) is 11.1. The lowest BCUT2D eigenvalue weighted by molar-refractivity contribution is 0.174. The maximum atomic E-state index is 5.98. The van der Waals surface area contributed by atoms with Gasteiger partial charge in [-0.15, -0.1) is 0 Å². The molecule has 0 fully saturated rings. The normalized spacial score (nSPS) is 14.1. The molecule has 0 unspecified atom stereocenters. The molecule has 128 valence electrons. The first-order valence-corrected chi connectivity index (χ1v) is 10.8. The van der Waals surface area contributed by atoms with E-state index >= 15 is 0 Å². The minimum absolute atomic E-state index is 0.0959. The standard InChI is InChI=1S/C13H7Cl3I3N3O2/c14-13(15,16)11-21-9(4-12(17,18)19)20-10(22-11)6-1-2-7-8(3-6)24-5-23-7/h1-3H,4-5H2. The first kappa shape index (κ1) is 19.6. The Morgan fingerprint density at radius 2 is 1.71 bits per heavy atom. The summed E-state index contributed by atoms with van der Waals surface area (Å²) in [5.74, 6) is 2.39. The highest BCUT2D eigenvalue weighted by molar-refractivity contribution is 14.3. The fraction of sp³-hybridized carbons (Fsp3) is 0.308. The van der Waals surface area contributed by atoms with Gasteiger partial charge in [-0.2, -0.15) is 0 Å². The van der Waals surface area contributed by atoms with Crippen LogP contribution in [0.2, 0.25) is 0 Å². The molecule has 5 nitrogen and oxygen atoms in total. The Hall–Kier alpha value is 0.890. The second kappa shape index (κ2) is 7.49. The van der Waals surface area contributed by atoms with Crippen molar-refractivity contribution in [3.8, 4) is 22.9 Å². The lowest BCUT2D eigenvalue weighted by Gasteiger charge is -2.15. The molecule has 3 rings (SSSR count). The Morgan fingerprint density at radius 3 is 2.38 bits per heavy atom. The van der Waals surface area contributed by atoms with Crippen LogP contribution >= 0.6 is 103 Å². The van der Waals surface area contributed by atoms with Crippen molar-refractivity contribution in [2.75, 3.05) is 6.79 Å². The smallest absolute Gasteiger partial charge is 0.250 e. The summed E-state index contributed by atoms with van der Waals surface area (Å²) >= 11 is 24.8. The molecule has 1 aliphatic rings. The summed E-state index contributed by atoms with van der Waals surface area (Å²) in [4.78, 5) is 13.1. The maximum Gasteiger partial charge on any atom is 0.250 e. The molecule has 0 aliphatic carbocycles. The summed E-state index contributed by atoms with van der Waals surface area (Å²) in [6.45, 7) is 0.196. The number of rotatable bonds is 3. The van der Waals surface area contributed by atoms with Crippen LogP contribution in [0.3, 0.4) is 0 Å². The fourth-order valence-electron chi connectivity index (χ4n) is 1.97. The molecule has 0 bridgehead atoms. The van der Waals surface area contributed by atoms with Crippen molar-refractivity contribution in [3.05, 3.63) is 29.8 Å². The van der Waals surface area contributed by atoms with Gasteiger partial charge in [0.1, 0.15) is 5.26 Å². The molecule has 11 heteroatoms. The van der Waals surface area contributed by atoms with E-state index in [-0.39, 0.29) is 12.1 Å². The summed E-state index contributed by atoms with van der Waals surface area (Å²) in [5, 5.41) is 0. The topological polar surface area (TPSA) is 57.1 Å². The van der Waals surface area contributed by atoms with Crippen LogP contribution in [0.15, 0.2) is 18.2 Å². The molecular weight excluding hydrogens is 717 g/mol. The van der Waals surface area contributed by atoms with E-state index in [2.05, 4.69) is 82.7 Å². The molecule has 0 spiro atoms. The van der Waals surface area contributed by atoms with E-state index in [4.69, 9.17) is 44.3 Å². The molecule has 1 aromatic carbocycles. The number of halogens is 6. The predicted molar refractivity (Wildman–Crippen MR) is 119 cm³/mol. The van der Waals surface area contributed by atoms with E-state index in [1.165, 1.54) is 0 Å². The van der Waals surface area contributed by atoms with E-state index in [0.717, 1.165) is 5.56 Å². The molecule has 1 aromatic heterocycles. The molecule has 0 amide bonds. The van der Waals surface area contributed by atoms with Crippen molar-refractivity contribution in [1.82, 2.24) is 15.0 Å². The Labute approximate surface area is 194 Å². The number of fused-ring (bicyclic) bond motifs is 1. The molecule has 0 radical (unpaired) electrons.